The molecule has 0 spiro atoms. The van der Waals surface area contributed by atoms with E-state index < -0.39 is 0 Å². The fourth-order valence-corrected chi connectivity index (χ4v) is 2.58. The van der Waals surface area contributed by atoms with Gasteiger partial charge in [-0.3, -0.25) is 4.79 Å². The zero-order valence-electron chi connectivity index (χ0n) is 12.5. The minimum atomic E-state index is -0.220. The van der Waals surface area contributed by atoms with E-state index in [2.05, 4.69) is 33.8 Å². The van der Waals surface area contributed by atoms with Crippen LogP contribution in [0.5, 0.6) is 0 Å². The molecule has 0 aliphatic heterocycles. The molecular weight excluding hydrogens is 260 g/mol. The van der Waals surface area contributed by atoms with Crippen molar-refractivity contribution in [2.24, 2.45) is 0 Å². The third kappa shape index (κ3) is 4.24. The fourth-order valence-electron chi connectivity index (χ4n) is 2.30. The van der Waals surface area contributed by atoms with Crippen molar-refractivity contribution in [2.75, 3.05) is 6.61 Å². The first-order valence-electron chi connectivity index (χ1n) is 6.72. The van der Waals surface area contributed by atoms with E-state index >= 15 is 0 Å². The first-order valence-corrected chi connectivity index (χ1v) is 7.16. The second-order valence-corrected chi connectivity index (χ2v) is 5.67. The average Bonchev–Trinajstić information content (AvgIpc) is 2.32. The smallest absolute Gasteiger partial charge is 0.307 e. The van der Waals surface area contributed by atoms with Crippen LogP contribution < -0.4 is 0 Å². The van der Waals surface area contributed by atoms with Crippen molar-refractivity contribution in [3.63, 3.8) is 0 Å². The Morgan fingerprint density at radius 1 is 1.21 bits per heavy atom. The molecule has 0 saturated carbocycles. The van der Waals surface area contributed by atoms with E-state index in [0.717, 1.165) is 0 Å². The Kier molecular flexibility index (Phi) is 5.86. The number of hydrogen-bond acceptors (Lipinski definition) is 2. The summed E-state index contributed by atoms with van der Waals surface area (Å²) < 4.78 is 4.93. The van der Waals surface area contributed by atoms with Gasteiger partial charge in [-0.25, -0.2) is 0 Å². The summed E-state index contributed by atoms with van der Waals surface area (Å²) in [5, 5.41) is -0.211. The number of halogens is 1. The van der Waals surface area contributed by atoms with Crippen molar-refractivity contribution in [3.8, 4) is 0 Å². The monoisotopic (exact) mass is 282 g/mol. The van der Waals surface area contributed by atoms with E-state index in [1.165, 1.54) is 27.8 Å². The van der Waals surface area contributed by atoms with E-state index in [-0.39, 0.29) is 17.8 Å². The topological polar surface area (TPSA) is 26.3 Å². The Balaban J connectivity index is 2.85. The Hall–Kier alpha value is -1.02. The van der Waals surface area contributed by atoms with Gasteiger partial charge in [0, 0.05) is 5.38 Å². The molecule has 2 nitrogen and oxygen atoms in total. The Morgan fingerprint density at radius 3 is 2.21 bits per heavy atom. The molecule has 0 aliphatic carbocycles. The predicted molar refractivity (Wildman–Crippen MR) is 80.0 cm³/mol. The van der Waals surface area contributed by atoms with Crippen LogP contribution in [-0.2, 0) is 16.0 Å². The van der Waals surface area contributed by atoms with Gasteiger partial charge in [-0.15, -0.1) is 11.6 Å². The Labute approximate surface area is 121 Å². The highest BCUT2D eigenvalue weighted by molar-refractivity contribution is 6.21. The quantitative estimate of drug-likeness (QED) is 0.602. The highest BCUT2D eigenvalue weighted by Crippen LogP contribution is 2.25. The number of rotatable bonds is 5. The molecule has 3 heteroatoms. The standard InChI is InChI=1S/C16H23ClO2/c1-6-19-16(18)9-14(17)8-15-12(4)10(2)7-11(3)13(15)5/h7,14H,6,8-9H2,1-5H3. The number of carbonyl (C=O) groups is 1. The lowest BCUT2D eigenvalue weighted by Crippen LogP contribution is -2.15. The molecule has 0 bridgehead atoms. The number of benzene rings is 1. The number of aryl methyl sites for hydroxylation is 2. The molecule has 1 aromatic rings. The van der Waals surface area contributed by atoms with Crippen molar-refractivity contribution >= 4 is 17.6 Å². The van der Waals surface area contributed by atoms with Crippen LogP contribution in [0.1, 0.15) is 41.2 Å². The molecule has 0 heterocycles. The number of ether oxygens (including phenoxy) is 1. The van der Waals surface area contributed by atoms with Gasteiger partial charge in [-0.2, -0.15) is 0 Å². The summed E-state index contributed by atoms with van der Waals surface area (Å²) in [4.78, 5) is 11.4. The van der Waals surface area contributed by atoms with Crippen LogP contribution in [0.2, 0.25) is 0 Å². The number of carbonyl (C=O) groups excluding carboxylic acids is 1. The van der Waals surface area contributed by atoms with Crippen molar-refractivity contribution in [1.82, 2.24) is 0 Å². The SMILES string of the molecule is CCOC(=O)CC(Cl)Cc1c(C)c(C)cc(C)c1C. The molecule has 106 valence electrons. The molecular formula is C16H23ClO2. The van der Waals surface area contributed by atoms with Crippen LogP contribution in [0, 0.1) is 27.7 Å². The molecule has 1 rings (SSSR count). The minimum absolute atomic E-state index is 0.211. The largest absolute Gasteiger partial charge is 0.466 e. The third-order valence-corrected chi connectivity index (χ3v) is 3.95. The van der Waals surface area contributed by atoms with Crippen LogP contribution in [0.3, 0.4) is 0 Å². The van der Waals surface area contributed by atoms with Crippen molar-refractivity contribution in [3.05, 3.63) is 33.9 Å². The zero-order chi connectivity index (χ0) is 14.6. The lowest BCUT2D eigenvalue weighted by Gasteiger charge is -2.17. The summed E-state index contributed by atoms with van der Waals surface area (Å²) in [6.45, 7) is 10.7. The molecule has 0 aromatic heterocycles. The van der Waals surface area contributed by atoms with Gasteiger partial charge in [0.1, 0.15) is 0 Å². The molecule has 1 unspecified atom stereocenters. The normalized spacial score (nSPS) is 12.3. The van der Waals surface area contributed by atoms with E-state index in [1.54, 1.807) is 6.92 Å². The first kappa shape index (κ1) is 16.0. The summed E-state index contributed by atoms with van der Waals surface area (Å²) in [6, 6.07) is 2.20. The van der Waals surface area contributed by atoms with Gasteiger partial charge in [0.25, 0.3) is 0 Å². The van der Waals surface area contributed by atoms with E-state index in [4.69, 9.17) is 16.3 Å². The van der Waals surface area contributed by atoms with Crippen molar-refractivity contribution < 1.29 is 9.53 Å². The van der Waals surface area contributed by atoms with Crippen molar-refractivity contribution in [1.29, 1.82) is 0 Å². The van der Waals surface area contributed by atoms with Crippen LogP contribution >= 0.6 is 11.6 Å². The lowest BCUT2D eigenvalue weighted by molar-refractivity contribution is -0.143. The number of esters is 1. The average molecular weight is 283 g/mol. The molecule has 0 aliphatic rings. The van der Waals surface area contributed by atoms with Gasteiger partial charge in [0.05, 0.1) is 13.0 Å². The van der Waals surface area contributed by atoms with Gasteiger partial charge >= 0.3 is 5.97 Å². The predicted octanol–water partition coefficient (Wildman–Crippen LogP) is 4.02. The van der Waals surface area contributed by atoms with Crippen LogP contribution in [0.25, 0.3) is 0 Å². The molecule has 1 aromatic carbocycles. The Bertz CT molecular complexity index is 440. The van der Waals surface area contributed by atoms with E-state index in [9.17, 15) is 4.79 Å². The van der Waals surface area contributed by atoms with Gasteiger partial charge in [-0.05, 0) is 68.9 Å². The first-order chi connectivity index (χ1) is 8.86. The second kappa shape index (κ2) is 6.95. The van der Waals surface area contributed by atoms with E-state index in [0.29, 0.717) is 13.0 Å². The summed E-state index contributed by atoms with van der Waals surface area (Å²) in [6.07, 6.45) is 0.974. The zero-order valence-corrected chi connectivity index (χ0v) is 13.2. The molecule has 0 N–H and O–H groups in total. The highest BCUT2D eigenvalue weighted by Gasteiger charge is 2.16. The van der Waals surface area contributed by atoms with Crippen LogP contribution in [-0.4, -0.2) is 18.0 Å². The number of alkyl halides is 1. The van der Waals surface area contributed by atoms with Gasteiger partial charge in [0.15, 0.2) is 0 Å². The Morgan fingerprint density at radius 2 is 1.74 bits per heavy atom. The summed E-state index contributed by atoms with van der Waals surface area (Å²) >= 11 is 6.29. The molecule has 0 amide bonds. The molecule has 0 radical (unpaired) electrons. The third-order valence-electron chi connectivity index (χ3n) is 3.64. The lowest BCUT2D eigenvalue weighted by atomic mass is 9.91. The van der Waals surface area contributed by atoms with Gasteiger partial charge < -0.3 is 4.74 Å². The van der Waals surface area contributed by atoms with Crippen LogP contribution in [0.15, 0.2) is 6.07 Å². The molecule has 1 atom stereocenters. The fraction of sp³-hybridized carbons (Fsp3) is 0.562. The van der Waals surface area contributed by atoms with Gasteiger partial charge in [0.2, 0.25) is 0 Å². The second-order valence-electron chi connectivity index (χ2n) is 5.05. The maximum absolute atomic E-state index is 11.4. The summed E-state index contributed by atoms with van der Waals surface area (Å²) in [7, 11) is 0. The van der Waals surface area contributed by atoms with Crippen LogP contribution in [0.4, 0.5) is 0 Å². The summed E-state index contributed by atoms with van der Waals surface area (Å²) in [5.41, 5.74) is 6.37. The number of hydrogen-bond donors (Lipinski definition) is 0. The summed E-state index contributed by atoms with van der Waals surface area (Å²) in [5.74, 6) is -0.220. The highest BCUT2D eigenvalue weighted by atomic mass is 35.5. The molecule has 0 fully saturated rings. The maximum Gasteiger partial charge on any atom is 0.307 e. The molecule has 0 saturated heterocycles. The van der Waals surface area contributed by atoms with Gasteiger partial charge in [-0.1, -0.05) is 6.07 Å². The molecule has 19 heavy (non-hydrogen) atoms. The van der Waals surface area contributed by atoms with Crippen molar-refractivity contribution in [2.45, 2.75) is 52.8 Å². The van der Waals surface area contributed by atoms with E-state index in [1.807, 2.05) is 0 Å². The minimum Gasteiger partial charge on any atom is -0.466 e. The maximum atomic E-state index is 11.4.